The Morgan fingerprint density at radius 3 is 2.63 bits per heavy atom. The van der Waals surface area contributed by atoms with E-state index in [-0.39, 0.29) is 5.95 Å². The van der Waals surface area contributed by atoms with Gasteiger partial charge in [-0.3, -0.25) is 4.57 Å². The van der Waals surface area contributed by atoms with Crippen molar-refractivity contribution in [1.82, 2.24) is 24.5 Å². The molecule has 30 heavy (non-hydrogen) atoms. The summed E-state index contributed by atoms with van der Waals surface area (Å²) in [5.41, 5.74) is 8.92. The van der Waals surface area contributed by atoms with Gasteiger partial charge in [0.05, 0.1) is 12.9 Å². The highest BCUT2D eigenvalue weighted by molar-refractivity contribution is 7.98. The Kier molecular flexibility index (Phi) is 5.80. The fourth-order valence-corrected chi connectivity index (χ4v) is 3.69. The van der Waals surface area contributed by atoms with Crippen LogP contribution in [0.4, 0.5) is 17.6 Å². The minimum atomic E-state index is 0.176. The second-order valence-electron chi connectivity index (χ2n) is 6.44. The Morgan fingerprint density at radius 1 is 1.07 bits per heavy atom. The number of hydrogen-bond donors (Lipinski definition) is 2. The molecule has 0 spiro atoms. The number of para-hydroxylation sites is 1. The van der Waals surface area contributed by atoms with Gasteiger partial charge in [0.15, 0.2) is 5.16 Å². The summed E-state index contributed by atoms with van der Waals surface area (Å²) in [6.45, 7) is 2.02. The summed E-state index contributed by atoms with van der Waals surface area (Å²) in [6.07, 6.45) is 3.68. The maximum atomic E-state index is 5.90. The van der Waals surface area contributed by atoms with E-state index >= 15 is 0 Å². The van der Waals surface area contributed by atoms with Crippen LogP contribution in [0, 0.1) is 6.92 Å². The molecular weight excluding hydrogens is 398 g/mol. The van der Waals surface area contributed by atoms with Gasteiger partial charge in [-0.15, -0.1) is 0 Å². The molecule has 4 aromatic rings. The van der Waals surface area contributed by atoms with E-state index in [0.29, 0.717) is 17.5 Å². The molecule has 0 aliphatic heterocycles. The molecule has 9 heteroatoms. The van der Waals surface area contributed by atoms with E-state index in [4.69, 9.17) is 10.5 Å². The van der Waals surface area contributed by atoms with Gasteiger partial charge >= 0.3 is 0 Å². The van der Waals surface area contributed by atoms with Gasteiger partial charge in [-0.05, 0) is 42.8 Å². The van der Waals surface area contributed by atoms with E-state index in [1.54, 1.807) is 13.3 Å². The van der Waals surface area contributed by atoms with Gasteiger partial charge in [0.25, 0.3) is 0 Å². The van der Waals surface area contributed by atoms with Gasteiger partial charge in [-0.25, -0.2) is 4.98 Å². The van der Waals surface area contributed by atoms with Crippen LogP contribution in [-0.2, 0) is 5.75 Å². The highest BCUT2D eigenvalue weighted by Gasteiger charge is 2.10. The summed E-state index contributed by atoms with van der Waals surface area (Å²) in [4.78, 5) is 17.4. The number of nitrogens with two attached hydrogens (primary N) is 1. The van der Waals surface area contributed by atoms with E-state index in [1.165, 1.54) is 11.8 Å². The molecule has 0 saturated heterocycles. The first-order valence-electron chi connectivity index (χ1n) is 9.26. The molecule has 0 aliphatic rings. The zero-order valence-electron chi connectivity index (χ0n) is 16.6. The molecule has 0 aliphatic carbocycles. The Labute approximate surface area is 178 Å². The van der Waals surface area contributed by atoms with Crippen LogP contribution in [-0.4, -0.2) is 31.6 Å². The van der Waals surface area contributed by atoms with E-state index in [9.17, 15) is 0 Å². The summed E-state index contributed by atoms with van der Waals surface area (Å²) < 4.78 is 7.23. The minimum Gasteiger partial charge on any atom is -0.497 e. The van der Waals surface area contributed by atoms with Crippen LogP contribution in [0.2, 0.25) is 0 Å². The molecule has 0 unspecified atom stereocenters. The number of benzene rings is 2. The largest absolute Gasteiger partial charge is 0.497 e. The lowest BCUT2D eigenvalue weighted by molar-refractivity contribution is 0.414. The number of ether oxygens (including phenoxy) is 1. The molecule has 0 atom stereocenters. The Morgan fingerprint density at radius 2 is 1.87 bits per heavy atom. The number of anilines is 3. The minimum absolute atomic E-state index is 0.176. The van der Waals surface area contributed by atoms with E-state index < -0.39 is 0 Å². The average Bonchev–Trinajstić information content (AvgIpc) is 3.22. The lowest BCUT2D eigenvalue weighted by Crippen LogP contribution is -2.07. The number of nitrogens with zero attached hydrogens (tertiary/aromatic N) is 5. The number of rotatable bonds is 7. The summed E-state index contributed by atoms with van der Waals surface area (Å²) in [5.74, 6) is 2.49. The molecule has 3 N–H and O–H groups in total. The SMILES string of the molecule is COc1ccc(-n2ccnc2SCc2nc(N)nc(Nc3ccccc3C)n2)cc1. The maximum Gasteiger partial charge on any atom is 0.232 e. The topological polar surface area (TPSA) is 104 Å². The third-order valence-corrected chi connectivity index (χ3v) is 5.34. The predicted molar refractivity (Wildman–Crippen MR) is 118 cm³/mol. The lowest BCUT2D eigenvalue weighted by atomic mass is 10.2. The maximum absolute atomic E-state index is 5.90. The zero-order chi connectivity index (χ0) is 20.9. The molecule has 0 amide bonds. The first-order chi connectivity index (χ1) is 14.6. The molecule has 0 radical (unpaired) electrons. The standard InChI is InChI=1S/C21H21N7OS/c1-14-5-3-4-6-17(14)24-20-26-18(25-19(22)27-20)13-30-21-23-11-12-28(21)15-7-9-16(29-2)10-8-15/h3-12H,13H2,1-2H3,(H3,22,24,25,26,27). The van der Waals surface area contributed by atoms with Crippen LogP contribution in [0.3, 0.4) is 0 Å². The summed E-state index contributed by atoms with van der Waals surface area (Å²) in [5, 5.41) is 4.04. The molecule has 2 heterocycles. The van der Waals surface area contributed by atoms with Gasteiger partial charge in [0, 0.05) is 23.8 Å². The van der Waals surface area contributed by atoms with Crippen molar-refractivity contribution in [1.29, 1.82) is 0 Å². The number of nitrogen functional groups attached to an aromatic ring is 1. The number of methoxy groups -OCH3 is 1. The van der Waals surface area contributed by atoms with Crippen LogP contribution < -0.4 is 15.8 Å². The Hall–Kier alpha value is -3.59. The van der Waals surface area contributed by atoms with Crippen LogP contribution in [0.25, 0.3) is 5.69 Å². The zero-order valence-corrected chi connectivity index (χ0v) is 17.4. The highest BCUT2D eigenvalue weighted by atomic mass is 32.2. The quantitative estimate of drug-likeness (QED) is 0.433. The molecule has 4 rings (SSSR count). The lowest BCUT2D eigenvalue weighted by Gasteiger charge is -2.10. The number of nitrogens with one attached hydrogen (secondary N) is 1. The third-order valence-electron chi connectivity index (χ3n) is 4.38. The smallest absolute Gasteiger partial charge is 0.232 e. The average molecular weight is 420 g/mol. The van der Waals surface area contributed by atoms with Gasteiger partial charge in [0.1, 0.15) is 11.6 Å². The number of imidazole rings is 1. The normalized spacial score (nSPS) is 10.7. The van der Waals surface area contributed by atoms with Crippen molar-refractivity contribution in [3.8, 4) is 11.4 Å². The molecule has 0 fully saturated rings. The van der Waals surface area contributed by atoms with E-state index in [2.05, 4.69) is 25.3 Å². The summed E-state index contributed by atoms with van der Waals surface area (Å²) >= 11 is 1.52. The fourth-order valence-electron chi connectivity index (χ4n) is 2.86. The highest BCUT2D eigenvalue weighted by Crippen LogP contribution is 2.25. The number of hydrogen-bond acceptors (Lipinski definition) is 8. The van der Waals surface area contributed by atoms with Gasteiger partial charge in [-0.2, -0.15) is 15.0 Å². The molecular formula is C21H21N7OS. The van der Waals surface area contributed by atoms with Crippen LogP contribution in [0.15, 0.2) is 66.1 Å². The predicted octanol–water partition coefficient (Wildman–Crippen LogP) is 3.99. The van der Waals surface area contributed by atoms with Crippen molar-refractivity contribution >= 4 is 29.3 Å². The molecule has 0 saturated carbocycles. The van der Waals surface area contributed by atoms with Crippen molar-refractivity contribution in [2.45, 2.75) is 17.8 Å². The summed E-state index contributed by atoms with van der Waals surface area (Å²) in [6, 6.07) is 15.7. The molecule has 2 aromatic carbocycles. The van der Waals surface area contributed by atoms with Crippen molar-refractivity contribution < 1.29 is 4.74 Å². The Bertz CT molecular complexity index is 1140. The fraction of sp³-hybridized carbons (Fsp3) is 0.143. The molecule has 0 bridgehead atoms. The van der Waals surface area contributed by atoms with Crippen LogP contribution in [0.1, 0.15) is 11.4 Å². The summed E-state index contributed by atoms with van der Waals surface area (Å²) in [7, 11) is 1.65. The number of aromatic nitrogens is 5. The van der Waals surface area contributed by atoms with Crippen molar-refractivity contribution in [2.24, 2.45) is 0 Å². The second-order valence-corrected chi connectivity index (χ2v) is 7.38. The Balaban J connectivity index is 1.50. The second kappa shape index (κ2) is 8.83. The third kappa shape index (κ3) is 4.52. The van der Waals surface area contributed by atoms with E-state index in [1.807, 2.05) is 66.2 Å². The molecule has 152 valence electrons. The monoisotopic (exact) mass is 419 g/mol. The molecule has 8 nitrogen and oxygen atoms in total. The van der Waals surface area contributed by atoms with Crippen molar-refractivity contribution in [2.75, 3.05) is 18.2 Å². The van der Waals surface area contributed by atoms with Gasteiger partial charge in [0.2, 0.25) is 11.9 Å². The van der Waals surface area contributed by atoms with Crippen LogP contribution in [0.5, 0.6) is 5.75 Å². The molecule has 2 aromatic heterocycles. The van der Waals surface area contributed by atoms with Crippen molar-refractivity contribution in [3.63, 3.8) is 0 Å². The first kappa shape index (κ1) is 19.7. The van der Waals surface area contributed by atoms with E-state index in [0.717, 1.165) is 27.8 Å². The van der Waals surface area contributed by atoms with Crippen molar-refractivity contribution in [3.05, 3.63) is 72.3 Å². The number of thioether (sulfide) groups is 1. The van der Waals surface area contributed by atoms with Crippen LogP contribution >= 0.6 is 11.8 Å². The first-order valence-corrected chi connectivity index (χ1v) is 10.2. The van der Waals surface area contributed by atoms with Gasteiger partial charge < -0.3 is 15.8 Å². The number of aryl methyl sites for hydroxylation is 1. The van der Waals surface area contributed by atoms with Gasteiger partial charge in [-0.1, -0.05) is 30.0 Å².